The first-order valence-electron chi connectivity index (χ1n) is 9.77. The van der Waals surface area contributed by atoms with Gasteiger partial charge in [0.05, 0.1) is 25.4 Å². The zero-order valence-corrected chi connectivity index (χ0v) is 17.8. The van der Waals surface area contributed by atoms with E-state index in [1.807, 2.05) is 42.3 Å². The number of nitrogens with one attached hydrogen (secondary N) is 1. The third-order valence-corrected chi connectivity index (χ3v) is 5.34. The van der Waals surface area contributed by atoms with Gasteiger partial charge in [-0.3, -0.25) is 9.69 Å². The minimum absolute atomic E-state index is 0.142. The van der Waals surface area contributed by atoms with Gasteiger partial charge in [0.15, 0.2) is 11.5 Å². The highest BCUT2D eigenvalue weighted by molar-refractivity contribution is 5.92. The molecule has 1 N–H and O–H groups in total. The number of carbonyl (C=O) groups excluding carboxylic acids is 1. The number of esters is 1. The van der Waals surface area contributed by atoms with Gasteiger partial charge in [-0.05, 0) is 37.7 Å². The maximum atomic E-state index is 12.0. The van der Waals surface area contributed by atoms with Crippen LogP contribution in [-0.4, -0.2) is 54.9 Å². The number of rotatable bonds is 7. The molecule has 1 aromatic heterocycles. The Morgan fingerprint density at radius 1 is 1.23 bits per heavy atom. The average molecular weight is 424 g/mol. The van der Waals surface area contributed by atoms with E-state index in [2.05, 4.69) is 15.3 Å². The van der Waals surface area contributed by atoms with Crippen LogP contribution in [0.5, 0.6) is 17.2 Å². The van der Waals surface area contributed by atoms with E-state index in [9.17, 15) is 4.79 Å². The van der Waals surface area contributed by atoms with Crippen molar-refractivity contribution in [3.05, 3.63) is 42.2 Å². The van der Waals surface area contributed by atoms with Gasteiger partial charge < -0.3 is 24.3 Å². The minimum Gasteiger partial charge on any atom is -0.497 e. The summed E-state index contributed by atoms with van der Waals surface area (Å²) in [6.07, 6.45) is 1.50. The molecule has 0 bridgehead atoms. The van der Waals surface area contributed by atoms with Crippen molar-refractivity contribution in [3.8, 4) is 17.2 Å². The summed E-state index contributed by atoms with van der Waals surface area (Å²) in [6, 6.07) is 9.02. The molecule has 4 rings (SSSR count). The number of anilines is 2. The first-order valence-corrected chi connectivity index (χ1v) is 9.77. The number of likely N-dealkylation sites (N-methyl/N-ethyl adjacent to an activating group) is 1. The first kappa shape index (κ1) is 20.7. The summed E-state index contributed by atoms with van der Waals surface area (Å²) in [5.74, 6) is 2.30. The van der Waals surface area contributed by atoms with Crippen molar-refractivity contribution < 1.29 is 23.7 Å². The smallest absolute Gasteiger partial charge is 0.322 e. The second-order valence-corrected chi connectivity index (χ2v) is 7.18. The molecule has 2 heterocycles. The second-order valence-electron chi connectivity index (χ2n) is 7.18. The molecule has 3 aromatic rings. The molecule has 0 aliphatic carbocycles. The number of fused-ring (bicyclic) bond motifs is 2. The molecule has 0 radical (unpaired) electrons. The molecule has 0 amide bonds. The van der Waals surface area contributed by atoms with E-state index < -0.39 is 6.04 Å². The van der Waals surface area contributed by atoms with Gasteiger partial charge >= 0.3 is 5.97 Å². The number of hydrogen-bond donors (Lipinski definition) is 1. The Hall–Kier alpha value is -3.59. The molecule has 9 nitrogen and oxygen atoms in total. The van der Waals surface area contributed by atoms with Crippen molar-refractivity contribution in [2.45, 2.75) is 19.5 Å². The SMILES string of the molecule is COC(=O)[C@H](C)N(C)Cc1ccc2c(c1Nc1ncnc3cc(OC)ccc13)OCO2. The Bertz CT molecular complexity index is 1120. The quantitative estimate of drug-likeness (QED) is 0.574. The molecule has 0 unspecified atom stereocenters. The topological polar surface area (TPSA) is 95.0 Å². The molecule has 1 aliphatic rings. The fraction of sp³-hybridized carbons (Fsp3) is 0.318. The standard InChI is InChI=1S/C22H24N4O5/c1-13(22(27)29-4)26(2)10-14-5-8-18-20(31-12-30-18)19(14)25-21-16-7-6-15(28-3)9-17(16)23-11-24-21/h5-9,11,13H,10,12H2,1-4H3,(H,23,24,25)/t13-/m0/s1. The Labute approximate surface area is 179 Å². The highest BCUT2D eigenvalue weighted by Gasteiger charge is 2.25. The molecular formula is C22H24N4O5. The summed E-state index contributed by atoms with van der Waals surface area (Å²) < 4.78 is 21.5. The van der Waals surface area contributed by atoms with Crippen LogP contribution in [-0.2, 0) is 16.1 Å². The maximum absolute atomic E-state index is 12.0. The van der Waals surface area contributed by atoms with E-state index in [0.29, 0.717) is 29.6 Å². The van der Waals surface area contributed by atoms with Crippen LogP contribution in [0, 0.1) is 0 Å². The average Bonchev–Trinajstić information content (AvgIpc) is 3.28. The van der Waals surface area contributed by atoms with Gasteiger partial charge in [-0.15, -0.1) is 0 Å². The van der Waals surface area contributed by atoms with E-state index in [4.69, 9.17) is 18.9 Å². The molecule has 0 saturated heterocycles. The third kappa shape index (κ3) is 4.04. The minimum atomic E-state index is -0.407. The molecule has 9 heteroatoms. The number of methoxy groups -OCH3 is 2. The summed E-state index contributed by atoms with van der Waals surface area (Å²) in [4.78, 5) is 22.6. The summed E-state index contributed by atoms with van der Waals surface area (Å²) in [7, 11) is 4.86. The molecule has 31 heavy (non-hydrogen) atoms. The number of nitrogens with zero attached hydrogens (tertiary/aromatic N) is 3. The van der Waals surface area contributed by atoms with E-state index in [1.165, 1.54) is 13.4 Å². The van der Waals surface area contributed by atoms with Crippen LogP contribution in [0.4, 0.5) is 11.5 Å². The van der Waals surface area contributed by atoms with Crippen molar-refractivity contribution >= 4 is 28.4 Å². The molecule has 1 aliphatic heterocycles. The second kappa shape index (κ2) is 8.65. The van der Waals surface area contributed by atoms with Gasteiger partial charge in [0, 0.05) is 18.0 Å². The summed E-state index contributed by atoms with van der Waals surface area (Å²) in [5.41, 5.74) is 2.40. The molecule has 1 atom stereocenters. The van der Waals surface area contributed by atoms with E-state index >= 15 is 0 Å². The summed E-state index contributed by atoms with van der Waals surface area (Å²) >= 11 is 0. The monoisotopic (exact) mass is 424 g/mol. The number of carbonyl (C=O) groups is 1. The van der Waals surface area contributed by atoms with E-state index in [1.54, 1.807) is 14.0 Å². The Morgan fingerprint density at radius 2 is 2.06 bits per heavy atom. The molecule has 162 valence electrons. The van der Waals surface area contributed by atoms with Crippen LogP contribution in [0.15, 0.2) is 36.7 Å². The lowest BCUT2D eigenvalue weighted by Crippen LogP contribution is -2.36. The Kier molecular flexibility index (Phi) is 5.77. The van der Waals surface area contributed by atoms with Crippen molar-refractivity contribution in [2.75, 3.05) is 33.4 Å². The van der Waals surface area contributed by atoms with Crippen LogP contribution >= 0.6 is 0 Å². The molecule has 0 fully saturated rings. The number of aromatic nitrogens is 2. The lowest BCUT2D eigenvalue weighted by Gasteiger charge is -2.24. The van der Waals surface area contributed by atoms with Gasteiger partial charge in [0.1, 0.15) is 23.9 Å². The number of hydrogen-bond acceptors (Lipinski definition) is 9. The number of benzene rings is 2. The van der Waals surface area contributed by atoms with Gasteiger partial charge in [-0.2, -0.15) is 0 Å². The van der Waals surface area contributed by atoms with Gasteiger partial charge in [0.25, 0.3) is 0 Å². The zero-order chi connectivity index (χ0) is 22.0. The summed E-state index contributed by atoms with van der Waals surface area (Å²) in [6.45, 7) is 2.42. The zero-order valence-electron chi connectivity index (χ0n) is 17.8. The highest BCUT2D eigenvalue weighted by atomic mass is 16.7. The third-order valence-electron chi connectivity index (χ3n) is 5.34. The van der Waals surface area contributed by atoms with Crippen molar-refractivity contribution in [1.82, 2.24) is 14.9 Å². The van der Waals surface area contributed by atoms with Crippen molar-refractivity contribution in [2.24, 2.45) is 0 Å². The summed E-state index contributed by atoms with van der Waals surface area (Å²) in [5, 5.41) is 4.24. The fourth-order valence-corrected chi connectivity index (χ4v) is 3.42. The lowest BCUT2D eigenvalue weighted by atomic mass is 10.1. The van der Waals surface area contributed by atoms with Gasteiger partial charge in [-0.1, -0.05) is 6.07 Å². The van der Waals surface area contributed by atoms with Gasteiger partial charge in [-0.25, -0.2) is 9.97 Å². The fourth-order valence-electron chi connectivity index (χ4n) is 3.42. The highest BCUT2D eigenvalue weighted by Crippen LogP contribution is 2.43. The van der Waals surface area contributed by atoms with Crippen LogP contribution in [0.25, 0.3) is 10.9 Å². The maximum Gasteiger partial charge on any atom is 0.322 e. The number of ether oxygens (including phenoxy) is 4. The van der Waals surface area contributed by atoms with Crippen molar-refractivity contribution in [1.29, 1.82) is 0 Å². The van der Waals surface area contributed by atoms with E-state index in [-0.39, 0.29) is 12.8 Å². The molecule has 0 saturated carbocycles. The molecule has 0 spiro atoms. The lowest BCUT2D eigenvalue weighted by molar-refractivity contribution is -0.145. The van der Waals surface area contributed by atoms with Crippen LogP contribution < -0.4 is 19.5 Å². The van der Waals surface area contributed by atoms with Crippen LogP contribution in [0.3, 0.4) is 0 Å². The largest absolute Gasteiger partial charge is 0.497 e. The van der Waals surface area contributed by atoms with Crippen LogP contribution in [0.2, 0.25) is 0 Å². The van der Waals surface area contributed by atoms with Gasteiger partial charge in [0.2, 0.25) is 6.79 Å². The Balaban J connectivity index is 1.72. The molecular weight excluding hydrogens is 400 g/mol. The Morgan fingerprint density at radius 3 is 2.84 bits per heavy atom. The predicted molar refractivity (Wildman–Crippen MR) is 115 cm³/mol. The first-order chi connectivity index (χ1) is 15.0. The van der Waals surface area contributed by atoms with Crippen LogP contribution in [0.1, 0.15) is 12.5 Å². The predicted octanol–water partition coefficient (Wildman–Crippen LogP) is 3.10. The van der Waals surface area contributed by atoms with Crippen molar-refractivity contribution in [3.63, 3.8) is 0 Å². The molecule has 2 aromatic carbocycles. The normalized spacial score (nSPS) is 13.3. The van der Waals surface area contributed by atoms with E-state index in [0.717, 1.165) is 22.2 Å².